The van der Waals surface area contributed by atoms with Crippen LogP contribution in [0.2, 0.25) is 0 Å². The van der Waals surface area contributed by atoms with E-state index in [0.29, 0.717) is 24.2 Å². The van der Waals surface area contributed by atoms with Crippen LogP contribution in [0.3, 0.4) is 0 Å². The summed E-state index contributed by atoms with van der Waals surface area (Å²) < 4.78 is 11.9. The molecule has 1 saturated heterocycles. The molecule has 0 N–H and O–H groups in total. The first-order valence-corrected chi connectivity index (χ1v) is 11.6. The number of para-hydroxylation sites is 1. The van der Waals surface area contributed by atoms with E-state index >= 15 is 0 Å². The molecule has 0 aliphatic carbocycles. The van der Waals surface area contributed by atoms with Gasteiger partial charge in [-0.05, 0) is 24.6 Å². The molecule has 4 aromatic rings. The predicted molar refractivity (Wildman–Crippen MR) is 130 cm³/mol. The lowest BCUT2D eigenvalue weighted by Crippen LogP contribution is -2.49. The van der Waals surface area contributed by atoms with Crippen molar-refractivity contribution in [3.8, 4) is 0 Å². The molecule has 1 fully saturated rings. The van der Waals surface area contributed by atoms with E-state index in [1.54, 1.807) is 11.0 Å². The first-order valence-electron chi connectivity index (χ1n) is 11.6. The van der Waals surface area contributed by atoms with Crippen molar-refractivity contribution in [3.05, 3.63) is 76.3 Å². The number of hydrogen-bond acceptors (Lipinski definition) is 7. The Labute approximate surface area is 201 Å². The van der Waals surface area contributed by atoms with Gasteiger partial charge in [0, 0.05) is 38.1 Å². The van der Waals surface area contributed by atoms with Crippen molar-refractivity contribution in [1.82, 2.24) is 19.4 Å². The van der Waals surface area contributed by atoms with E-state index in [4.69, 9.17) is 9.15 Å². The van der Waals surface area contributed by atoms with E-state index in [0.717, 1.165) is 29.6 Å². The molecular weight excluding hydrogens is 448 g/mol. The number of hydrogen-bond donors (Lipinski definition) is 0. The molecular formula is C26H26N4O5. The van der Waals surface area contributed by atoms with Gasteiger partial charge in [0.2, 0.25) is 5.58 Å². The second-order valence-electron chi connectivity index (χ2n) is 8.76. The van der Waals surface area contributed by atoms with Crippen LogP contribution in [0.4, 0.5) is 0 Å². The molecule has 0 atom stereocenters. The highest BCUT2D eigenvalue weighted by atomic mass is 16.5. The van der Waals surface area contributed by atoms with Crippen LogP contribution in [0.5, 0.6) is 0 Å². The normalized spacial score (nSPS) is 14.5. The van der Waals surface area contributed by atoms with Gasteiger partial charge in [-0.1, -0.05) is 42.0 Å². The number of esters is 1. The number of carbonyl (C=O) groups is 2. The third-order valence-corrected chi connectivity index (χ3v) is 6.22. The van der Waals surface area contributed by atoms with Gasteiger partial charge in [-0.25, -0.2) is 4.98 Å². The average Bonchev–Trinajstić information content (AvgIpc) is 3.24. The monoisotopic (exact) mass is 474 g/mol. The minimum atomic E-state index is -0.684. The summed E-state index contributed by atoms with van der Waals surface area (Å²) >= 11 is 0. The van der Waals surface area contributed by atoms with Crippen LogP contribution in [0.25, 0.3) is 22.1 Å². The predicted octanol–water partition coefficient (Wildman–Crippen LogP) is 2.34. The van der Waals surface area contributed by atoms with E-state index < -0.39 is 11.5 Å². The van der Waals surface area contributed by atoms with Crippen LogP contribution in [-0.4, -0.2) is 64.0 Å². The number of aryl methyl sites for hydroxylation is 1. The summed E-state index contributed by atoms with van der Waals surface area (Å²) in [7, 11) is 0. The number of benzene rings is 2. The number of furan rings is 1. The molecule has 9 nitrogen and oxygen atoms in total. The lowest BCUT2D eigenvalue weighted by Gasteiger charge is -2.34. The Morgan fingerprint density at radius 2 is 1.86 bits per heavy atom. The van der Waals surface area contributed by atoms with Gasteiger partial charge in [-0.3, -0.25) is 23.9 Å². The van der Waals surface area contributed by atoms with Crippen molar-refractivity contribution in [3.63, 3.8) is 0 Å². The Bertz CT molecular complexity index is 1450. The summed E-state index contributed by atoms with van der Waals surface area (Å²) in [5, 5.41) is 0.735. The molecule has 0 saturated carbocycles. The maximum absolute atomic E-state index is 12.7. The third kappa shape index (κ3) is 4.95. The Morgan fingerprint density at radius 3 is 2.66 bits per heavy atom. The van der Waals surface area contributed by atoms with Crippen molar-refractivity contribution in [2.24, 2.45) is 0 Å². The second kappa shape index (κ2) is 9.71. The molecule has 5 rings (SSSR count). The highest BCUT2D eigenvalue weighted by Gasteiger charge is 2.22. The Kier molecular flexibility index (Phi) is 6.33. The van der Waals surface area contributed by atoms with Gasteiger partial charge in [-0.15, -0.1) is 0 Å². The molecule has 2 aromatic heterocycles. The maximum Gasteiger partial charge on any atom is 0.326 e. The van der Waals surface area contributed by atoms with Crippen LogP contribution in [0, 0.1) is 6.92 Å². The quantitative estimate of drug-likeness (QED) is 0.396. The SMILES string of the molecule is Cc1cccc(CN2CCN(C(=O)COC(=O)Cn3cnc4c(oc5ccccc54)c3=O)CC2)c1. The van der Waals surface area contributed by atoms with Gasteiger partial charge in [-0.2, -0.15) is 0 Å². The second-order valence-corrected chi connectivity index (χ2v) is 8.76. The molecule has 1 amide bonds. The number of aromatic nitrogens is 2. The fourth-order valence-corrected chi connectivity index (χ4v) is 4.37. The van der Waals surface area contributed by atoms with E-state index in [2.05, 4.69) is 41.1 Å². The third-order valence-electron chi connectivity index (χ3n) is 6.22. The molecule has 0 spiro atoms. The number of rotatable bonds is 6. The highest BCUT2D eigenvalue weighted by molar-refractivity contribution is 6.01. The van der Waals surface area contributed by atoms with Crippen molar-refractivity contribution in [1.29, 1.82) is 0 Å². The zero-order valence-corrected chi connectivity index (χ0v) is 19.5. The number of nitrogens with zero attached hydrogens (tertiary/aromatic N) is 4. The average molecular weight is 475 g/mol. The summed E-state index contributed by atoms with van der Waals surface area (Å²) in [6.45, 7) is 4.88. The standard InChI is InChI=1S/C26H26N4O5/c1-18-5-4-6-19(13-18)14-28-9-11-29(12-10-28)22(31)16-34-23(32)15-30-17-27-24-20-7-2-3-8-21(20)35-25(24)26(30)33/h2-8,13,17H,9-12,14-16H2,1H3. The minimum Gasteiger partial charge on any atom is -0.454 e. The van der Waals surface area contributed by atoms with Gasteiger partial charge in [0.1, 0.15) is 17.6 Å². The van der Waals surface area contributed by atoms with Crippen LogP contribution in [0.1, 0.15) is 11.1 Å². The highest BCUT2D eigenvalue weighted by Crippen LogP contribution is 2.24. The number of piperazine rings is 1. The Morgan fingerprint density at radius 1 is 1.06 bits per heavy atom. The molecule has 2 aromatic carbocycles. The van der Waals surface area contributed by atoms with Gasteiger partial charge in [0.05, 0.1) is 6.33 Å². The Balaban J connectivity index is 1.13. The molecule has 35 heavy (non-hydrogen) atoms. The number of carbonyl (C=O) groups excluding carboxylic acids is 2. The molecule has 9 heteroatoms. The molecule has 0 radical (unpaired) electrons. The fourth-order valence-electron chi connectivity index (χ4n) is 4.37. The summed E-state index contributed by atoms with van der Waals surface area (Å²) in [5.74, 6) is -0.928. The fraction of sp³-hybridized carbons (Fsp3) is 0.308. The van der Waals surface area contributed by atoms with Crippen LogP contribution < -0.4 is 5.56 Å². The molecule has 1 aliphatic rings. The summed E-state index contributed by atoms with van der Waals surface area (Å²) in [6, 6.07) is 15.6. The number of fused-ring (bicyclic) bond motifs is 3. The van der Waals surface area contributed by atoms with Gasteiger partial charge in [0.15, 0.2) is 6.61 Å². The summed E-state index contributed by atoms with van der Waals surface area (Å²) in [6.07, 6.45) is 1.29. The minimum absolute atomic E-state index is 0.0844. The van der Waals surface area contributed by atoms with Gasteiger partial charge >= 0.3 is 5.97 Å². The van der Waals surface area contributed by atoms with E-state index in [1.807, 2.05) is 18.2 Å². The van der Waals surface area contributed by atoms with E-state index in [-0.39, 0.29) is 24.6 Å². The molecule has 180 valence electrons. The first-order chi connectivity index (χ1) is 17.0. The molecule has 3 heterocycles. The van der Waals surface area contributed by atoms with E-state index in [1.165, 1.54) is 17.5 Å². The molecule has 0 bridgehead atoms. The summed E-state index contributed by atoms with van der Waals surface area (Å²) in [4.78, 5) is 45.9. The number of amides is 1. The number of ether oxygens (including phenoxy) is 1. The first kappa shape index (κ1) is 22.8. The molecule has 0 unspecified atom stereocenters. The molecule has 1 aliphatic heterocycles. The zero-order chi connectivity index (χ0) is 24.4. The maximum atomic E-state index is 12.7. The smallest absolute Gasteiger partial charge is 0.326 e. The van der Waals surface area contributed by atoms with Crippen LogP contribution in [0.15, 0.2) is 64.1 Å². The van der Waals surface area contributed by atoms with Crippen LogP contribution >= 0.6 is 0 Å². The van der Waals surface area contributed by atoms with E-state index in [9.17, 15) is 14.4 Å². The van der Waals surface area contributed by atoms with Gasteiger partial charge in [0.25, 0.3) is 11.5 Å². The Hall–Kier alpha value is -3.98. The largest absolute Gasteiger partial charge is 0.454 e. The zero-order valence-electron chi connectivity index (χ0n) is 19.5. The van der Waals surface area contributed by atoms with Crippen molar-refractivity contribution < 1.29 is 18.7 Å². The van der Waals surface area contributed by atoms with Crippen molar-refractivity contribution in [2.45, 2.75) is 20.0 Å². The lowest BCUT2D eigenvalue weighted by molar-refractivity contribution is -0.153. The van der Waals surface area contributed by atoms with Crippen LogP contribution in [-0.2, 0) is 27.4 Å². The lowest BCUT2D eigenvalue weighted by atomic mass is 10.1. The van der Waals surface area contributed by atoms with Crippen molar-refractivity contribution >= 4 is 33.9 Å². The van der Waals surface area contributed by atoms with Crippen molar-refractivity contribution in [2.75, 3.05) is 32.8 Å². The van der Waals surface area contributed by atoms with Gasteiger partial charge < -0.3 is 14.1 Å². The topological polar surface area (TPSA) is 97.9 Å². The summed E-state index contributed by atoms with van der Waals surface area (Å²) in [5.41, 5.74) is 3.10.